The fourth-order valence-corrected chi connectivity index (χ4v) is 4.38. The van der Waals surface area contributed by atoms with E-state index in [1.807, 2.05) is 6.07 Å². The molecule has 0 unspecified atom stereocenters. The van der Waals surface area contributed by atoms with Gasteiger partial charge in [0.2, 0.25) is 9.92 Å². The van der Waals surface area contributed by atoms with Crippen LogP contribution in [0.5, 0.6) is 11.5 Å². The predicted molar refractivity (Wildman–Crippen MR) is 116 cm³/mol. The summed E-state index contributed by atoms with van der Waals surface area (Å²) < 4.78 is 15.4. The molecule has 0 amide bonds. The normalized spacial score (nSPS) is 12.1. The van der Waals surface area contributed by atoms with Gasteiger partial charge in [-0.2, -0.15) is 19.2 Å². The molecule has 5 rings (SSSR count). The number of hydrogen-bond acceptors (Lipinski definition) is 10. The summed E-state index contributed by atoms with van der Waals surface area (Å²) in [6, 6.07) is 3.66. The molecular weight excluding hydrogens is 460 g/mol. The van der Waals surface area contributed by atoms with E-state index in [0.29, 0.717) is 33.1 Å². The Morgan fingerprint density at radius 3 is 1.94 bits per heavy atom. The predicted octanol–water partition coefficient (Wildman–Crippen LogP) is 3.79. The molecule has 0 spiro atoms. The minimum Gasteiger partial charge on any atom is -0.485 e. The van der Waals surface area contributed by atoms with Crippen molar-refractivity contribution in [1.29, 1.82) is 0 Å². The zero-order valence-corrected chi connectivity index (χ0v) is 19.2. The average Bonchev–Trinajstić information content (AvgIpc) is 3.47. The third kappa shape index (κ3) is 3.82. The van der Waals surface area contributed by atoms with E-state index in [-0.39, 0.29) is 18.6 Å². The summed E-state index contributed by atoms with van der Waals surface area (Å²) in [5.74, 6) is 2.41. The van der Waals surface area contributed by atoms with E-state index in [0.717, 1.165) is 10.5 Å². The Hall–Kier alpha value is -2.83. The van der Waals surface area contributed by atoms with Crippen molar-refractivity contribution in [2.45, 2.75) is 39.4 Å². The number of hydrogen-bond donors (Lipinski definition) is 0. The average molecular weight is 477 g/mol. The van der Waals surface area contributed by atoms with E-state index in [4.69, 9.17) is 21.1 Å². The first-order chi connectivity index (χ1) is 14.9. The summed E-state index contributed by atoms with van der Waals surface area (Å²) in [6.07, 6.45) is 0. The van der Waals surface area contributed by atoms with E-state index in [1.54, 1.807) is 26.1 Å². The van der Waals surface area contributed by atoms with Crippen LogP contribution in [0.2, 0.25) is 5.02 Å². The molecule has 4 heterocycles. The minimum atomic E-state index is -0.212. The zero-order chi connectivity index (χ0) is 21.6. The second kappa shape index (κ2) is 7.70. The molecule has 0 saturated heterocycles. The molecule has 160 valence electrons. The van der Waals surface area contributed by atoms with Crippen LogP contribution in [0.1, 0.15) is 38.0 Å². The molecule has 0 fully saturated rings. The van der Waals surface area contributed by atoms with Crippen molar-refractivity contribution >= 4 is 44.2 Å². The van der Waals surface area contributed by atoms with Crippen molar-refractivity contribution < 1.29 is 9.47 Å². The van der Waals surface area contributed by atoms with Crippen LogP contribution in [-0.4, -0.2) is 39.6 Å². The van der Waals surface area contributed by atoms with Gasteiger partial charge in [-0.1, -0.05) is 55.0 Å². The third-order valence-electron chi connectivity index (χ3n) is 4.55. The fourth-order valence-electron chi connectivity index (χ4n) is 3.02. The van der Waals surface area contributed by atoms with E-state index in [9.17, 15) is 0 Å². The SMILES string of the molecule is CC(C)(C)c1cc(OCc2nnc3scnn23)c(Cl)cc1OCc1nnc2scnn12. The maximum absolute atomic E-state index is 6.52. The summed E-state index contributed by atoms with van der Waals surface area (Å²) in [7, 11) is 0. The van der Waals surface area contributed by atoms with Crippen LogP contribution >= 0.6 is 34.3 Å². The number of nitrogens with zero attached hydrogens (tertiary/aromatic N) is 8. The first kappa shape index (κ1) is 20.1. The van der Waals surface area contributed by atoms with E-state index < -0.39 is 0 Å². The number of rotatable bonds is 6. The monoisotopic (exact) mass is 476 g/mol. The van der Waals surface area contributed by atoms with Gasteiger partial charge in [0.1, 0.15) is 35.7 Å². The van der Waals surface area contributed by atoms with Gasteiger partial charge < -0.3 is 9.47 Å². The van der Waals surface area contributed by atoms with Gasteiger partial charge >= 0.3 is 0 Å². The second-order valence-corrected chi connectivity index (χ2v) is 9.74. The Kier molecular flexibility index (Phi) is 4.99. The molecule has 4 aromatic heterocycles. The number of benzene rings is 1. The highest BCUT2D eigenvalue weighted by molar-refractivity contribution is 7.15. The van der Waals surface area contributed by atoms with Crippen molar-refractivity contribution in [3.63, 3.8) is 0 Å². The van der Waals surface area contributed by atoms with Gasteiger partial charge in [-0.25, -0.2) is 0 Å². The molecule has 5 aromatic rings. The Balaban J connectivity index is 1.40. The lowest BCUT2D eigenvalue weighted by atomic mass is 9.86. The number of aromatic nitrogens is 8. The third-order valence-corrected chi connectivity index (χ3v) is 6.18. The van der Waals surface area contributed by atoms with Crippen molar-refractivity contribution in [3.8, 4) is 11.5 Å². The maximum atomic E-state index is 6.52. The number of halogens is 1. The summed E-state index contributed by atoms with van der Waals surface area (Å²) >= 11 is 9.35. The number of fused-ring (bicyclic) bond motifs is 2. The topological polar surface area (TPSA) is 105 Å². The highest BCUT2D eigenvalue weighted by Crippen LogP contribution is 2.39. The van der Waals surface area contributed by atoms with Gasteiger partial charge in [0.15, 0.2) is 11.6 Å². The van der Waals surface area contributed by atoms with Crippen LogP contribution < -0.4 is 9.47 Å². The lowest BCUT2D eigenvalue weighted by Crippen LogP contribution is -2.15. The van der Waals surface area contributed by atoms with Crippen molar-refractivity contribution in [1.82, 2.24) is 39.6 Å². The Morgan fingerprint density at radius 2 is 1.39 bits per heavy atom. The van der Waals surface area contributed by atoms with Crippen LogP contribution in [0.25, 0.3) is 9.92 Å². The van der Waals surface area contributed by atoms with E-state index in [1.165, 1.54) is 22.7 Å². The van der Waals surface area contributed by atoms with Crippen molar-refractivity contribution in [2.75, 3.05) is 0 Å². The Bertz CT molecular complexity index is 1370. The highest BCUT2D eigenvalue weighted by atomic mass is 35.5. The van der Waals surface area contributed by atoms with Gasteiger partial charge in [-0.15, -0.1) is 20.4 Å². The van der Waals surface area contributed by atoms with Gasteiger partial charge in [0.05, 0.1) is 5.02 Å². The second-order valence-electron chi connectivity index (χ2n) is 7.70. The fraction of sp³-hybridized carbons (Fsp3) is 0.333. The largest absolute Gasteiger partial charge is 0.485 e. The zero-order valence-electron chi connectivity index (χ0n) is 16.8. The maximum Gasteiger partial charge on any atom is 0.234 e. The molecule has 31 heavy (non-hydrogen) atoms. The molecule has 10 nitrogen and oxygen atoms in total. The molecule has 0 aliphatic rings. The molecule has 0 radical (unpaired) electrons. The highest BCUT2D eigenvalue weighted by Gasteiger charge is 2.23. The summed E-state index contributed by atoms with van der Waals surface area (Å²) in [4.78, 5) is 1.44. The van der Waals surface area contributed by atoms with Crippen LogP contribution in [0.15, 0.2) is 23.2 Å². The summed E-state index contributed by atoms with van der Waals surface area (Å²) in [6.45, 7) is 6.70. The molecule has 0 aliphatic carbocycles. The molecule has 0 aliphatic heterocycles. The van der Waals surface area contributed by atoms with Crippen molar-refractivity contribution in [3.05, 3.63) is 45.4 Å². The lowest BCUT2D eigenvalue weighted by Gasteiger charge is -2.24. The van der Waals surface area contributed by atoms with Crippen LogP contribution in [0.4, 0.5) is 0 Å². The van der Waals surface area contributed by atoms with Crippen LogP contribution in [0, 0.1) is 0 Å². The van der Waals surface area contributed by atoms with E-state index >= 15 is 0 Å². The molecule has 0 atom stereocenters. The Labute approximate surface area is 189 Å². The number of ether oxygens (including phenoxy) is 2. The van der Waals surface area contributed by atoms with Crippen LogP contribution in [-0.2, 0) is 18.6 Å². The molecule has 0 N–H and O–H groups in total. The van der Waals surface area contributed by atoms with Gasteiger partial charge in [-0.05, 0) is 11.5 Å². The van der Waals surface area contributed by atoms with E-state index in [2.05, 4.69) is 51.4 Å². The Morgan fingerprint density at radius 1 is 0.839 bits per heavy atom. The summed E-state index contributed by atoms with van der Waals surface area (Å²) in [5.41, 5.74) is 4.16. The molecule has 1 aromatic carbocycles. The lowest BCUT2D eigenvalue weighted by molar-refractivity contribution is 0.277. The summed E-state index contributed by atoms with van der Waals surface area (Å²) in [5, 5.41) is 25.3. The molecule has 13 heteroatoms. The quantitative estimate of drug-likeness (QED) is 0.364. The van der Waals surface area contributed by atoms with Gasteiger partial charge in [0, 0.05) is 11.6 Å². The first-order valence-electron chi connectivity index (χ1n) is 9.27. The standard InChI is InChI=1S/C18H17ClN8O2S2/c1-18(2,3)10-4-13(29-7-15-23-25-17-27(15)21-9-31-17)11(19)5-12(10)28-6-14-22-24-16-26(14)20-8-30-16/h4-5,8-9H,6-7H2,1-3H3. The molecule has 0 bridgehead atoms. The van der Waals surface area contributed by atoms with Gasteiger partial charge in [0.25, 0.3) is 0 Å². The first-order valence-corrected chi connectivity index (χ1v) is 11.4. The molecular formula is C18H17ClN8O2S2. The van der Waals surface area contributed by atoms with Crippen LogP contribution in [0.3, 0.4) is 0 Å². The smallest absolute Gasteiger partial charge is 0.234 e. The van der Waals surface area contributed by atoms with Gasteiger partial charge in [-0.3, -0.25) is 0 Å². The molecule has 0 saturated carbocycles. The minimum absolute atomic E-state index is 0.190. The van der Waals surface area contributed by atoms with Crippen molar-refractivity contribution in [2.24, 2.45) is 0 Å².